The number of aryl methyl sites for hydroxylation is 2. The predicted octanol–water partition coefficient (Wildman–Crippen LogP) is 4.49. The number of thiophene rings is 1. The standard InChI is InChI=1S/C18H21N3O2S/c1-5-12(6-2)20-17(22)15-10(3)14-11(4)19-16(21-18(14)24-15)13-8-7-9-23-13/h7-9,12H,5-6H2,1-4H3,(H,20,22). The number of hydrogen-bond donors (Lipinski definition) is 1. The Morgan fingerprint density at radius 1 is 1.29 bits per heavy atom. The molecule has 0 radical (unpaired) electrons. The molecule has 3 aromatic heterocycles. The van der Waals surface area contributed by atoms with Crippen LogP contribution in [0.25, 0.3) is 21.8 Å². The summed E-state index contributed by atoms with van der Waals surface area (Å²) in [6.45, 7) is 8.07. The summed E-state index contributed by atoms with van der Waals surface area (Å²) in [4.78, 5) is 23.3. The minimum atomic E-state index is -0.0249. The molecule has 126 valence electrons. The Bertz CT molecular complexity index is 864. The van der Waals surface area contributed by atoms with Crippen LogP contribution in [0.4, 0.5) is 0 Å². The Balaban J connectivity index is 2.04. The summed E-state index contributed by atoms with van der Waals surface area (Å²) in [6, 6.07) is 3.85. The molecular weight excluding hydrogens is 322 g/mol. The third-order valence-corrected chi connectivity index (χ3v) is 5.42. The number of rotatable bonds is 5. The molecule has 0 aliphatic rings. The normalized spacial score (nSPS) is 11.4. The molecule has 0 aromatic carbocycles. The van der Waals surface area contributed by atoms with Gasteiger partial charge in [-0.2, -0.15) is 0 Å². The molecule has 0 saturated heterocycles. The Kier molecular flexibility index (Phi) is 4.66. The van der Waals surface area contributed by atoms with Gasteiger partial charge in [0.25, 0.3) is 5.91 Å². The summed E-state index contributed by atoms with van der Waals surface area (Å²) in [6.07, 6.45) is 3.45. The maximum atomic E-state index is 12.6. The number of nitrogens with zero attached hydrogens (tertiary/aromatic N) is 2. The molecule has 3 heterocycles. The SMILES string of the molecule is CCC(CC)NC(=O)c1sc2nc(-c3ccco3)nc(C)c2c1C. The second-order valence-corrected chi connectivity index (χ2v) is 6.83. The van der Waals surface area contributed by atoms with Crippen LogP contribution in [-0.4, -0.2) is 21.9 Å². The summed E-state index contributed by atoms with van der Waals surface area (Å²) in [5.74, 6) is 1.16. The van der Waals surface area contributed by atoms with E-state index in [1.165, 1.54) is 11.3 Å². The predicted molar refractivity (Wildman–Crippen MR) is 96.4 cm³/mol. The van der Waals surface area contributed by atoms with Crippen LogP contribution in [0.5, 0.6) is 0 Å². The zero-order chi connectivity index (χ0) is 17.3. The smallest absolute Gasteiger partial charge is 0.261 e. The van der Waals surface area contributed by atoms with Gasteiger partial charge >= 0.3 is 0 Å². The minimum absolute atomic E-state index is 0.0249. The van der Waals surface area contributed by atoms with Gasteiger partial charge in [0.05, 0.1) is 16.8 Å². The molecule has 1 amide bonds. The summed E-state index contributed by atoms with van der Waals surface area (Å²) in [5, 5.41) is 4.06. The molecule has 0 aliphatic carbocycles. The van der Waals surface area contributed by atoms with Gasteiger partial charge in [0.1, 0.15) is 4.83 Å². The second kappa shape index (κ2) is 6.73. The lowest BCUT2D eigenvalue weighted by Gasteiger charge is -2.14. The van der Waals surface area contributed by atoms with Gasteiger partial charge in [-0.3, -0.25) is 4.79 Å². The zero-order valence-electron chi connectivity index (χ0n) is 14.3. The van der Waals surface area contributed by atoms with Crippen molar-refractivity contribution < 1.29 is 9.21 Å². The van der Waals surface area contributed by atoms with Crippen LogP contribution >= 0.6 is 11.3 Å². The van der Waals surface area contributed by atoms with Crippen molar-refractivity contribution in [2.45, 2.75) is 46.6 Å². The second-order valence-electron chi connectivity index (χ2n) is 5.83. The van der Waals surface area contributed by atoms with Gasteiger partial charge in [-0.05, 0) is 44.4 Å². The van der Waals surface area contributed by atoms with Gasteiger partial charge in [0.15, 0.2) is 11.6 Å². The van der Waals surface area contributed by atoms with E-state index in [-0.39, 0.29) is 11.9 Å². The first-order chi connectivity index (χ1) is 11.5. The largest absolute Gasteiger partial charge is 0.461 e. The van der Waals surface area contributed by atoms with Gasteiger partial charge in [-0.25, -0.2) is 9.97 Å². The Morgan fingerprint density at radius 2 is 2.04 bits per heavy atom. The number of nitrogens with one attached hydrogen (secondary N) is 1. The highest BCUT2D eigenvalue weighted by Gasteiger charge is 2.21. The molecule has 0 spiro atoms. The Hall–Kier alpha value is -2.21. The van der Waals surface area contributed by atoms with Crippen molar-refractivity contribution >= 4 is 27.5 Å². The van der Waals surface area contributed by atoms with E-state index in [1.807, 2.05) is 26.0 Å². The van der Waals surface area contributed by atoms with Crippen molar-refractivity contribution in [3.8, 4) is 11.6 Å². The van der Waals surface area contributed by atoms with E-state index < -0.39 is 0 Å². The highest BCUT2D eigenvalue weighted by Crippen LogP contribution is 2.33. The van der Waals surface area contributed by atoms with Crippen LogP contribution in [0.1, 0.15) is 47.6 Å². The number of carbonyl (C=O) groups excluding carboxylic acids is 1. The molecule has 0 saturated carbocycles. The van der Waals surface area contributed by atoms with Crippen molar-refractivity contribution in [1.29, 1.82) is 0 Å². The quantitative estimate of drug-likeness (QED) is 0.741. The minimum Gasteiger partial charge on any atom is -0.461 e. The van der Waals surface area contributed by atoms with Gasteiger partial charge in [0.2, 0.25) is 0 Å². The van der Waals surface area contributed by atoms with E-state index in [2.05, 4.69) is 29.1 Å². The van der Waals surface area contributed by atoms with Crippen molar-refractivity contribution in [3.05, 3.63) is 34.5 Å². The number of hydrogen-bond acceptors (Lipinski definition) is 5. The van der Waals surface area contributed by atoms with Crippen LogP contribution in [0.2, 0.25) is 0 Å². The van der Waals surface area contributed by atoms with E-state index >= 15 is 0 Å². The zero-order valence-corrected chi connectivity index (χ0v) is 15.2. The van der Waals surface area contributed by atoms with E-state index in [0.717, 1.165) is 34.3 Å². The maximum Gasteiger partial charge on any atom is 0.261 e. The van der Waals surface area contributed by atoms with Crippen molar-refractivity contribution in [1.82, 2.24) is 15.3 Å². The maximum absolute atomic E-state index is 12.6. The van der Waals surface area contributed by atoms with Gasteiger partial charge in [-0.15, -0.1) is 11.3 Å². The van der Waals surface area contributed by atoms with Gasteiger partial charge < -0.3 is 9.73 Å². The molecule has 0 aliphatic heterocycles. The number of aromatic nitrogens is 2. The summed E-state index contributed by atoms with van der Waals surface area (Å²) >= 11 is 1.42. The number of amides is 1. The molecule has 0 bridgehead atoms. The highest BCUT2D eigenvalue weighted by molar-refractivity contribution is 7.20. The molecule has 6 heteroatoms. The molecule has 0 fully saturated rings. The lowest BCUT2D eigenvalue weighted by Crippen LogP contribution is -2.33. The third kappa shape index (κ3) is 2.94. The van der Waals surface area contributed by atoms with E-state index in [9.17, 15) is 4.79 Å². The average molecular weight is 343 g/mol. The molecule has 24 heavy (non-hydrogen) atoms. The molecule has 3 aromatic rings. The fourth-order valence-electron chi connectivity index (χ4n) is 2.82. The van der Waals surface area contributed by atoms with E-state index in [0.29, 0.717) is 16.5 Å². The lowest BCUT2D eigenvalue weighted by atomic mass is 10.1. The van der Waals surface area contributed by atoms with Crippen molar-refractivity contribution in [2.24, 2.45) is 0 Å². The number of furan rings is 1. The Labute approximate surface area is 145 Å². The van der Waals surface area contributed by atoms with Crippen molar-refractivity contribution in [2.75, 3.05) is 0 Å². The fraction of sp³-hybridized carbons (Fsp3) is 0.389. The molecular formula is C18H21N3O2S. The summed E-state index contributed by atoms with van der Waals surface area (Å²) < 4.78 is 5.39. The monoisotopic (exact) mass is 343 g/mol. The molecule has 3 rings (SSSR count). The first kappa shape index (κ1) is 16.6. The molecule has 1 N–H and O–H groups in total. The van der Waals surface area contributed by atoms with E-state index in [4.69, 9.17) is 4.42 Å². The van der Waals surface area contributed by atoms with Crippen LogP contribution in [-0.2, 0) is 0 Å². The van der Waals surface area contributed by atoms with E-state index in [1.54, 1.807) is 6.26 Å². The topological polar surface area (TPSA) is 68.0 Å². The van der Waals surface area contributed by atoms with Crippen LogP contribution in [0.3, 0.4) is 0 Å². The molecule has 5 nitrogen and oxygen atoms in total. The number of fused-ring (bicyclic) bond motifs is 1. The molecule has 0 atom stereocenters. The summed E-state index contributed by atoms with van der Waals surface area (Å²) in [5.41, 5.74) is 1.81. The lowest BCUT2D eigenvalue weighted by molar-refractivity contribution is 0.0938. The van der Waals surface area contributed by atoms with Crippen LogP contribution in [0, 0.1) is 13.8 Å². The number of carbonyl (C=O) groups is 1. The average Bonchev–Trinajstić information content (AvgIpc) is 3.20. The van der Waals surface area contributed by atoms with Gasteiger partial charge in [0, 0.05) is 11.4 Å². The molecule has 0 unspecified atom stereocenters. The Morgan fingerprint density at radius 3 is 2.67 bits per heavy atom. The van der Waals surface area contributed by atoms with Crippen LogP contribution < -0.4 is 5.32 Å². The summed E-state index contributed by atoms with van der Waals surface area (Å²) in [7, 11) is 0. The highest BCUT2D eigenvalue weighted by atomic mass is 32.1. The third-order valence-electron chi connectivity index (χ3n) is 4.24. The first-order valence-electron chi connectivity index (χ1n) is 8.17. The van der Waals surface area contributed by atoms with Crippen LogP contribution in [0.15, 0.2) is 22.8 Å². The fourth-order valence-corrected chi connectivity index (χ4v) is 3.95. The van der Waals surface area contributed by atoms with Crippen molar-refractivity contribution in [3.63, 3.8) is 0 Å². The van der Waals surface area contributed by atoms with Gasteiger partial charge in [-0.1, -0.05) is 13.8 Å². The first-order valence-corrected chi connectivity index (χ1v) is 8.99.